The van der Waals surface area contributed by atoms with Gasteiger partial charge in [0.25, 0.3) is 5.91 Å². The van der Waals surface area contributed by atoms with Gasteiger partial charge in [0.2, 0.25) is 0 Å². The predicted octanol–water partition coefficient (Wildman–Crippen LogP) is 4.88. The van der Waals surface area contributed by atoms with Crippen LogP contribution in [0.1, 0.15) is 17.0 Å². The van der Waals surface area contributed by atoms with Crippen LogP contribution < -0.4 is 15.0 Å². The van der Waals surface area contributed by atoms with Crippen LogP contribution in [0.3, 0.4) is 0 Å². The summed E-state index contributed by atoms with van der Waals surface area (Å²) in [4.78, 5) is 18.5. The Morgan fingerprint density at radius 3 is 2.39 bits per heavy atom. The fourth-order valence-electron chi connectivity index (χ4n) is 3.12. The van der Waals surface area contributed by atoms with Gasteiger partial charge in [-0.2, -0.15) is 13.2 Å². The van der Waals surface area contributed by atoms with Crippen LogP contribution in [0.2, 0.25) is 10.0 Å². The number of amides is 1. The average molecular weight is 478 g/mol. The van der Waals surface area contributed by atoms with Gasteiger partial charge >= 0.3 is 6.18 Å². The number of pyridine rings is 1. The number of halogens is 5. The highest BCUT2D eigenvalue weighted by Crippen LogP contribution is 2.37. The Morgan fingerprint density at radius 1 is 1.19 bits per heavy atom. The molecule has 1 aromatic carbocycles. The molecule has 6 nitrogen and oxygen atoms in total. The Morgan fingerprint density at radius 2 is 1.81 bits per heavy atom. The molecule has 1 saturated heterocycles. The maximum Gasteiger partial charge on any atom is 0.416 e. The van der Waals surface area contributed by atoms with Gasteiger partial charge in [0.1, 0.15) is 10.0 Å². The van der Waals surface area contributed by atoms with Gasteiger partial charge in [0.05, 0.1) is 41.5 Å². The molecular weight excluding hydrogens is 458 g/mol. The lowest BCUT2D eigenvalue weighted by atomic mass is 10.1. The Bertz CT molecular complexity index is 954. The second-order valence-corrected chi connectivity index (χ2v) is 7.66. The second-order valence-electron chi connectivity index (χ2n) is 6.91. The van der Waals surface area contributed by atoms with Crippen LogP contribution in [-0.4, -0.2) is 43.8 Å². The summed E-state index contributed by atoms with van der Waals surface area (Å²) in [6, 6.07) is 3.23. The molecule has 2 aromatic rings. The number of morpholine rings is 1. The number of alkyl halides is 3. The molecule has 0 bridgehead atoms. The van der Waals surface area contributed by atoms with E-state index in [4.69, 9.17) is 32.7 Å². The van der Waals surface area contributed by atoms with E-state index in [9.17, 15) is 18.0 Å². The molecule has 168 valence electrons. The van der Waals surface area contributed by atoms with Crippen molar-refractivity contribution in [2.75, 3.05) is 43.1 Å². The zero-order chi connectivity index (χ0) is 22.8. The molecular formula is C20H20Cl2F3N3O3. The number of hydrogen-bond acceptors (Lipinski definition) is 5. The normalized spacial score (nSPS) is 14.5. The van der Waals surface area contributed by atoms with Crippen molar-refractivity contribution < 1.29 is 27.4 Å². The Kier molecular flexibility index (Phi) is 7.18. The van der Waals surface area contributed by atoms with E-state index in [-0.39, 0.29) is 21.5 Å². The van der Waals surface area contributed by atoms with Crippen LogP contribution in [0, 0.1) is 13.8 Å². The van der Waals surface area contributed by atoms with Gasteiger partial charge in [0, 0.05) is 13.1 Å². The summed E-state index contributed by atoms with van der Waals surface area (Å²) >= 11 is 12.3. The smallest absolute Gasteiger partial charge is 0.416 e. The van der Waals surface area contributed by atoms with E-state index in [0.717, 1.165) is 12.1 Å². The number of rotatable bonds is 5. The summed E-state index contributed by atoms with van der Waals surface area (Å²) in [6.45, 7) is 4.69. The third kappa shape index (κ3) is 5.53. The molecule has 0 radical (unpaired) electrons. The molecule has 1 aliphatic rings. The van der Waals surface area contributed by atoms with Crippen LogP contribution in [0.4, 0.5) is 24.5 Å². The monoisotopic (exact) mass is 477 g/mol. The summed E-state index contributed by atoms with van der Waals surface area (Å²) in [5, 5.41) is 2.84. The minimum absolute atomic E-state index is 0.0320. The van der Waals surface area contributed by atoms with Crippen LogP contribution in [0.15, 0.2) is 18.2 Å². The summed E-state index contributed by atoms with van der Waals surface area (Å²) in [5.74, 6) is -0.561. The molecule has 0 atom stereocenters. The first-order valence-corrected chi connectivity index (χ1v) is 10.1. The third-order valence-electron chi connectivity index (χ3n) is 4.67. The molecule has 1 fully saturated rings. The van der Waals surface area contributed by atoms with E-state index >= 15 is 0 Å². The molecule has 1 amide bonds. The lowest BCUT2D eigenvalue weighted by Gasteiger charge is -2.31. The van der Waals surface area contributed by atoms with E-state index in [1.807, 2.05) is 4.90 Å². The minimum Gasteiger partial charge on any atom is -0.480 e. The summed E-state index contributed by atoms with van der Waals surface area (Å²) in [6.07, 6.45) is -4.55. The highest BCUT2D eigenvalue weighted by Gasteiger charge is 2.32. The van der Waals surface area contributed by atoms with Gasteiger partial charge < -0.3 is 19.7 Å². The molecule has 11 heteroatoms. The quantitative estimate of drug-likeness (QED) is 0.664. The Labute approximate surface area is 187 Å². The maximum atomic E-state index is 13.2. The molecule has 0 unspecified atom stereocenters. The average Bonchev–Trinajstić information content (AvgIpc) is 2.72. The van der Waals surface area contributed by atoms with Crippen molar-refractivity contribution in [1.29, 1.82) is 0 Å². The number of aryl methyl sites for hydroxylation is 2. The first-order chi connectivity index (χ1) is 14.6. The molecule has 3 rings (SSSR count). The molecule has 0 spiro atoms. The van der Waals surface area contributed by atoms with Gasteiger partial charge in [-0.1, -0.05) is 23.2 Å². The lowest BCUT2D eigenvalue weighted by molar-refractivity contribution is -0.137. The lowest BCUT2D eigenvalue weighted by Crippen LogP contribution is -2.37. The number of benzene rings is 1. The summed E-state index contributed by atoms with van der Waals surface area (Å²) in [5.41, 5.74) is 0.589. The van der Waals surface area contributed by atoms with Gasteiger partial charge in [0.15, 0.2) is 12.4 Å². The zero-order valence-corrected chi connectivity index (χ0v) is 18.3. The van der Waals surface area contributed by atoms with Crippen LogP contribution in [0.5, 0.6) is 5.75 Å². The molecule has 1 aromatic heterocycles. The standard InChI is InChI=1S/C20H20Cl2F3N3O3/c1-11-17(21)19(18(22)12(2)26-11)31-10-16(29)27-14-9-13(20(23,24)25)3-4-15(14)28-5-7-30-8-6-28/h3-4,9H,5-8,10H2,1-2H3,(H,27,29). The summed E-state index contributed by atoms with van der Waals surface area (Å²) in [7, 11) is 0. The van der Waals surface area contributed by atoms with Crippen LogP contribution in [-0.2, 0) is 15.7 Å². The number of aromatic nitrogens is 1. The van der Waals surface area contributed by atoms with Crippen molar-refractivity contribution >= 4 is 40.5 Å². The fraction of sp³-hybridized carbons (Fsp3) is 0.400. The van der Waals surface area contributed by atoms with Crippen molar-refractivity contribution in [2.24, 2.45) is 0 Å². The van der Waals surface area contributed by atoms with Gasteiger partial charge in [-0.25, -0.2) is 0 Å². The molecule has 0 saturated carbocycles. The largest absolute Gasteiger partial charge is 0.480 e. The van der Waals surface area contributed by atoms with E-state index < -0.39 is 24.3 Å². The second kappa shape index (κ2) is 9.50. The predicted molar refractivity (Wildman–Crippen MR) is 112 cm³/mol. The topological polar surface area (TPSA) is 63.7 Å². The van der Waals surface area contributed by atoms with E-state index in [1.165, 1.54) is 6.07 Å². The van der Waals surface area contributed by atoms with Gasteiger partial charge in [-0.05, 0) is 32.0 Å². The number of nitrogens with one attached hydrogen (secondary N) is 1. The van der Waals surface area contributed by atoms with Gasteiger partial charge in [-0.3, -0.25) is 9.78 Å². The minimum atomic E-state index is -4.55. The molecule has 1 N–H and O–H groups in total. The van der Waals surface area contributed by atoms with Crippen LogP contribution in [0.25, 0.3) is 0 Å². The first-order valence-electron chi connectivity index (χ1n) is 9.36. The number of hydrogen-bond donors (Lipinski definition) is 1. The van der Waals surface area contributed by atoms with Crippen molar-refractivity contribution in [3.63, 3.8) is 0 Å². The fourth-order valence-corrected chi connectivity index (χ4v) is 3.55. The highest BCUT2D eigenvalue weighted by molar-refractivity contribution is 6.37. The zero-order valence-electron chi connectivity index (χ0n) is 16.8. The molecule has 2 heterocycles. The number of carbonyl (C=O) groups excluding carboxylic acids is 1. The molecule has 31 heavy (non-hydrogen) atoms. The van der Waals surface area contributed by atoms with Crippen molar-refractivity contribution in [1.82, 2.24) is 4.98 Å². The third-order valence-corrected chi connectivity index (χ3v) is 5.56. The Hall–Kier alpha value is -2.23. The van der Waals surface area contributed by atoms with E-state index in [0.29, 0.717) is 43.4 Å². The van der Waals surface area contributed by atoms with Crippen molar-refractivity contribution in [3.05, 3.63) is 45.2 Å². The Balaban J connectivity index is 1.81. The van der Waals surface area contributed by atoms with E-state index in [2.05, 4.69) is 10.3 Å². The molecule has 1 aliphatic heterocycles. The van der Waals surface area contributed by atoms with Crippen molar-refractivity contribution in [3.8, 4) is 5.75 Å². The van der Waals surface area contributed by atoms with E-state index in [1.54, 1.807) is 13.8 Å². The van der Waals surface area contributed by atoms with Gasteiger partial charge in [-0.15, -0.1) is 0 Å². The molecule has 0 aliphatic carbocycles. The summed E-state index contributed by atoms with van der Waals surface area (Å²) < 4.78 is 50.4. The van der Waals surface area contributed by atoms with Crippen LogP contribution >= 0.6 is 23.2 Å². The maximum absolute atomic E-state index is 13.2. The van der Waals surface area contributed by atoms with Crippen molar-refractivity contribution in [2.45, 2.75) is 20.0 Å². The SMILES string of the molecule is Cc1nc(C)c(Cl)c(OCC(=O)Nc2cc(C(F)(F)F)ccc2N2CCOCC2)c1Cl. The highest BCUT2D eigenvalue weighted by atomic mass is 35.5. The number of ether oxygens (including phenoxy) is 2. The number of carbonyl (C=O) groups is 1. The first kappa shape index (κ1) is 23.4. The number of nitrogens with zero attached hydrogens (tertiary/aromatic N) is 2. The number of anilines is 2.